The minimum absolute atomic E-state index is 0.0721. The molecule has 9 N–H and O–H groups in total. The summed E-state index contributed by atoms with van der Waals surface area (Å²) in [6, 6.07) is -1.68. The van der Waals surface area contributed by atoms with Crippen molar-refractivity contribution >= 4 is 0 Å². The van der Waals surface area contributed by atoms with E-state index in [1.807, 2.05) is 0 Å². The lowest BCUT2D eigenvalue weighted by Crippen LogP contribution is -2.66. The molecule has 0 aromatic heterocycles. The van der Waals surface area contributed by atoms with Gasteiger partial charge in [-0.1, -0.05) is 0 Å². The second-order valence-corrected chi connectivity index (χ2v) is 5.93. The maximum atomic E-state index is 9.89. The van der Waals surface area contributed by atoms with Crippen LogP contribution in [0.1, 0.15) is 12.8 Å². The van der Waals surface area contributed by atoms with Gasteiger partial charge in [-0.25, -0.2) is 0 Å². The van der Waals surface area contributed by atoms with E-state index < -0.39 is 60.9 Å². The van der Waals surface area contributed by atoms with E-state index in [1.165, 1.54) is 0 Å². The molecular formula is C12H23NO8. The monoisotopic (exact) mass is 309 g/mol. The molecular weight excluding hydrogens is 286 g/mol. The lowest BCUT2D eigenvalue weighted by molar-refractivity contribution is -0.165. The van der Waals surface area contributed by atoms with Crippen LogP contribution in [-0.2, 0) is 0 Å². The molecule has 0 amide bonds. The molecule has 0 aromatic rings. The predicted molar refractivity (Wildman–Crippen MR) is 68.0 cm³/mol. The Morgan fingerprint density at radius 3 is 1.14 bits per heavy atom. The van der Waals surface area contributed by atoms with Crippen LogP contribution in [-0.4, -0.2) is 102 Å². The average molecular weight is 309 g/mol. The van der Waals surface area contributed by atoms with Crippen LogP contribution in [0.5, 0.6) is 0 Å². The standard InChI is InChI=1S/C12H23NO8/c14-5-1-3(7(16)11(20)9(5)18)13-4-2-6(15)10(19)12(21)8(4)17/h3-21H,1-2H2/t3-,4-,5-,6+,7+,8-,9+,10-,11+,12-/m0/s1. The molecule has 2 aliphatic rings. The maximum Gasteiger partial charge on any atom is 0.110 e. The molecule has 0 unspecified atom stereocenters. The molecule has 0 heterocycles. The van der Waals surface area contributed by atoms with Crippen molar-refractivity contribution in [1.82, 2.24) is 5.32 Å². The van der Waals surface area contributed by atoms with Crippen LogP contribution in [0.2, 0.25) is 0 Å². The van der Waals surface area contributed by atoms with E-state index in [0.29, 0.717) is 0 Å². The largest absolute Gasteiger partial charge is 0.390 e. The fourth-order valence-electron chi connectivity index (χ4n) is 3.02. The van der Waals surface area contributed by atoms with Crippen LogP contribution in [0.4, 0.5) is 0 Å². The first-order valence-corrected chi connectivity index (χ1v) is 6.94. The van der Waals surface area contributed by atoms with Crippen LogP contribution in [0.25, 0.3) is 0 Å². The highest BCUT2D eigenvalue weighted by molar-refractivity contribution is 5.01. The third kappa shape index (κ3) is 3.21. The molecule has 2 fully saturated rings. The Morgan fingerprint density at radius 2 is 0.810 bits per heavy atom. The second kappa shape index (κ2) is 6.41. The fraction of sp³-hybridized carbons (Fsp3) is 1.00. The predicted octanol–water partition coefficient (Wildman–Crippen LogP) is -4.99. The van der Waals surface area contributed by atoms with Gasteiger partial charge in [0.1, 0.15) is 24.4 Å². The van der Waals surface area contributed by atoms with Crippen molar-refractivity contribution in [2.45, 2.75) is 73.8 Å². The van der Waals surface area contributed by atoms with Gasteiger partial charge >= 0.3 is 0 Å². The molecule has 9 heteroatoms. The van der Waals surface area contributed by atoms with Gasteiger partial charge in [0.2, 0.25) is 0 Å². The van der Waals surface area contributed by atoms with Crippen LogP contribution >= 0.6 is 0 Å². The third-order valence-electron chi connectivity index (χ3n) is 4.43. The summed E-state index contributed by atoms with van der Waals surface area (Å²) >= 11 is 0. The Kier molecular flexibility index (Phi) is 5.19. The van der Waals surface area contributed by atoms with Crippen LogP contribution in [0.3, 0.4) is 0 Å². The van der Waals surface area contributed by atoms with Crippen molar-refractivity contribution < 1.29 is 40.9 Å². The molecule has 0 aromatic carbocycles. The molecule has 2 rings (SSSR count). The van der Waals surface area contributed by atoms with Crippen molar-refractivity contribution in [2.24, 2.45) is 0 Å². The van der Waals surface area contributed by atoms with Gasteiger partial charge in [-0.2, -0.15) is 0 Å². The molecule has 21 heavy (non-hydrogen) atoms. The van der Waals surface area contributed by atoms with Gasteiger partial charge < -0.3 is 46.2 Å². The van der Waals surface area contributed by atoms with E-state index >= 15 is 0 Å². The van der Waals surface area contributed by atoms with Crippen molar-refractivity contribution in [3.05, 3.63) is 0 Å². The van der Waals surface area contributed by atoms with E-state index in [9.17, 15) is 40.9 Å². The van der Waals surface area contributed by atoms with Gasteiger partial charge in [0.05, 0.1) is 24.4 Å². The number of nitrogens with one attached hydrogen (secondary N) is 1. The molecule has 0 bridgehead atoms. The summed E-state index contributed by atoms with van der Waals surface area (Å²) in [6.45, 7) is 0. The van der Waals surface area contributed by atoms with Gasteiger partial charge in [0.15, 0.2) is 0 Å². The first-order chi connectivity index (χ1) is 9.73. The van der Waals surface area contributed by atoms with Gasteiger partial charge in [0, 0.05) is 12.1 Å². The summed E-state index contributed by atoms with van der Waals surface area (Å²) < 4.78 is 0. The summed E-state index contributed by atoms with van der Waals surface area (Å²) in [7, 11) is 0. The van der Waals surface area contributed by atoms with Gasteiger partial charge in [-0.05, 0) is 12.8 Å². The maximum absolute atomic E-state index is 9.89. The molecule has 0 aliphatic heterocycles. The number of rotatable bonds is 2. The Morgan fingerprint density at radius 1 is 0.476 bits per heavy atom. The van der Waals surface area contributed by atoms with E-state index in [1.54, 1.807) is 0 Å². The summed E-state index contributed by atoms with van der Waals surface area (Å²) in [5.74, 6) is 0. The van der Waals surface area contributed by atoms with Crippen LogP contribution in [0, 0.1) is 0 Å². The van der Waals surface area contributed by atoms with Gasteiger partial charge in [0.25, 0.3) is 0 Å². The van der Waals surface area contributed by atoms with E-state index in [0.717, 1.165) is 0 Å². The van der Waals surface area contributed by atoms with Crippen molar-refractivity contribution in [3.8, 4) is 0 Å². The average Bonchev–Trinajstić information content (AvgIpc) is 2.45. The Bertz CT molecular complexity index is 326. The van der Waals surface area contributed by atoms with Crippen molar-refractivity contribution in [1.29, 1.82) is 0 Å². The van der Waals surface area contributed by atoms with Gasteiger partial charge in [-0.15, -0.1) is 0 Å². The molecule has 124 valence electrons. The summed E-state index contributed by atoms with van der Waals surface area (Å²) in [5.41, 5.74) is 0. The Labute approximate surface area is 121 Å². The summed E-state index contributed by atoms with van der Waals surface area (Å²) in [5, 5.41) is 79.9. The topological polar surface area (TPSA) is 174 Å². The zero-order chi connectivity index (χ0) is 15.9. The highest BCUT2D eigenvalue weighted by Crippen LogP contribution is 2.25. The van der Waals surface area contributed by atoms with E-state index in [4.69, 9.17) is 0 Å². The lowest BCUT2D eigenvalue weighted by Gasteiger charge is -2.44. The SMILES string of the molecule is O[C@@H]1[C@@H](O)[C@H](O)C[C@H](N[C@H]2C[C@H](O)[C@@H](O)[C@H](O)[C@@H]2O)[C@@H]1O. The Balaban J connectivity index is 2.03. The number of aliphatic hydroxyl groups excluding tert-OH is 8. The molecule has 0 saturated heterocycles. The molecule has 0 spiro atoms. The fourth-order valence-corrected chi connectivity index (χ4v) is 3.02. The minimum atomic E-state index is -1.55. The normalized spacial score (nSPS) is 55.4. The zero-order valence-corrected chi connectivity index (χ0v) is 11.3. The second-order valence-electron chi connectivity index (χ2n) is 5.93. The zero-order valence-electron chi connectivity index (χ0n) is 11.3. The summed E-state index contributed by atoms with van der Waals surface area (Å²) in [4.78, 5) is 0. The quantitative estimate of drug-likeness (QED) is 0.242. The molecule has 9 nitrogen and oxygen atoms in total. The van der Waals surface area contributed by atoms with Gasteiger partial charge in [-0.3, -0.25) is 0 Å². The van der Waals surface area contributed by atoms with Crippen LogP contribution in [0.15, 0.2) is 0 Å². The third-order valence-corrected chi connectivity index (χ3v) is 4.43. The van der Waals surface area contributed by atoms with Crippen LogP contribution < -0.4 is 5.32 Å². The van der Waals surface area contributed by atoms with E-state index in [-0.39, 0.29) is 12.8 Å². The molecule has 10 atom stereocenters. The smallest absolute Gasteiger partial charge is 0.110 e. The minimum Gasteiger partial charge on any atom is -0.390 e. The Hall–Kier alpha value is -0.360. The number of aliphatic hydroxyl groups is 8. The van der Waals surface area contributed by atoms with Crippen molar-refractivity contribution in [3.63, 3.8) is 0 Å². The highest BCUT2D eigenvalue weighted by atomic mass is 16.4. The molecule has 2 saturated carbocycles. The van der Waals surface area contributed by atoms with Crippen molar-refractivity contribution in [2.75, 3.05) is 0 Å². The molecule has 2 aliphatic carbocycles. The van der Waals surface area contributed by atoms with E-state index in [2.05, 4.69) is 5.32 Å². The lowest BCUT2D eigenvalue weighted by atomic mass is 9.82. The highest BCUT2D eigenvalue weighted by Gasteiger charge is 2.46. The number of hydrogen-bond donors (Lipinski definition) is 9. The summed E-state index contributed by atoms with van der Waals surface area (Å²) in [6.07, 6.45) is -11.4. The number of hydrogen-bond acceptors (Lipinski definition) is 9. The first kappa shape index (κ1) is 17.0. The molecule has 0 radical (unpaired) electrons. The first-order valence-electron chi connectivity index (χ1n) is 6.94.